The number of hydrogen-bond donors (Lipinski definition) is 1. The van der Waals surface area contributed by atoms with E-state index in [4.69, 9.17) is 21.1 Å². The second kappa shape index (κ2) is 9.06. The molecule has 0 saturated carbocycles. The number of nitro groups is 1. The number of nitro benzene ring substituents is 1. The monoisotopic (exact) mass is 465 g/mol. The van der Waals surface area contributed by atoms with Crippen molar-refractivity contribution in [1.82, 2.24) is 0 Å². The molecule has 0 amide bonds. The van der Waals surface area contributed by atoms with Gasteiger partial charge in [-0.3, -0.25) is 10.1 Å². The number of halogens is 1. The van der Waals surface area contributed by atoms with Crippen molar-refractivity contribution in [2.24, 2.45) is 0 Å². The highest BCUT2D eigenvalue weighted by Gasteiger charge is 2.38. The van der Waals surface area contributed by atoms with E-state index in [2.05, 4.69) is 0 Å². The molecule has 1 aliphatic rings. The lowest BCUT2D eigenvalue weighted by molar-refractivity contribution is -0.385. The smallest absolute Gasteiger partial charge is 0.338 e. The highest BCUT2D eigenvalue weighted by atomic mass is 35.5. The summed E-state index contributed by atoms with van der Waals surface area (Å²) in [4.78, 5) is 23.3. The lowest BCUT2D eigenvalue weighted by atomic mass is 9.92. The Labute approximate surface area is 189 Å². The van der Waals surface area contributed by atoms with Crippen molar-refractivity contribution in [2.75, 3.05) is 19.0 Å². The number of carbonyl (C=O) groups excluding carboxylic acids is 1. The molecule has 0 saturated heterocycles. The number of fused-ring (bicyclic) bond motifs is 1. The third-order valence-corrected chi connectivity index (χ3v) is 6.48. The third-order valence-electron chi connectivity index (χ3n) is 4.81. The summed E-state index contributed by atoms with van der Waals surface area (Å²) in [7, 11) is 0. The minimum absolute atomic E-state index is 0.0202. The van der Waals surface area contributed by atoms with Crippen LogP contribution >= 0.6 is 23.4 Å². The maximum atomic E-state index is 12.3. The van der Waals surface area contributed by atoms with Gasteiger partial charge in [-0.1, -0.05) is 17.7 Å². The molecule has 0 spiro atoms. The largest absolute Gasteiger partial charge is 0.485 e. The summed E-state index contributed by atoms with van der Waals surface area (Å²) in [6.45, 7) is 4.99. The first-order valence-electron chi connectivity index (χ1n) is 9.73. The number of thioether (sulfide) groups is 1. The summed E-state index contributed by atoms with van der Waals surface area (Å²) < 4.78 is 10.4. The number of esters is 1. The Morgan fingerprint density at radius 2 is 2.03 bits per heavy atom. The number of rotatable bonds is 6. The number of carbonyl (C=O) groups is 1. The van der Waals surface area contributed by atoms with Gasteiger partial charge in [0.2, 0.25) is 0 Å². The molecule has 0 radical (unpaired) electrons. The number of aliphatic hydroxyl groups excluding tert-OH is 1. The fourth-order valence-corrected chi connectivity index (χ4v) is 4.88. The number of nitrogens with zero attached hydrogens (tertiary/aromatic N) is 1. The zero-order chi connectivity index (χ0) is 22.8. The van der Waals surface area contributed by atoms with E-state index < -0.39 is 21.2 Å². The second-order valence-corrected chi connectivity index (χ2v) is 10.2. The van der Waals surface area contributed by atoms with Crippen LogP contribution in [0.4, 0.5) is 5.69 Å². The normalized spacial score (nSPS) is 18.2. The van der Waals surface area contributed by atoms with Gasteiger partial charge in [0, 0.05) is 11.1 Å². The van der Waals surface area contributed by atoms with Gasteiger partial charge < -0.3 is 14.6 Å². The molecule has 166 valence electrons. The fraction of sp³-hybridized carbons (Fsp3) is 0.409. The topological polar surface area (TPSA) is 98.9 Å². The van der Waals surface area contributed by atoms with Gasteiger partial charge in [-0.2, -0.15) is 0 Å². The molecule has 0 aromatic heterocycles. The van der Waals surface area contributed by atoms with Gasteiger partial charge in [0.05, 0.1) is 21.8 Å². The van der Waals surface area contributed by atoms with Crippen molar-refractivity contribution >= 4 is 35.0 Å². The average molecular weight is 466 g/mol. The minimum Gasteiger partial charge on any atom is -0.485 e. The Morgan fingerprint density at radius 1 is 1.29 bits per heavy atom. The average Bonchev–Trinajstić information content (AvgIpc) is 2.70. The highest BCUT2D eigenvalue weighted by molar-refractivity contribution is 8.00. The zero-order valence-electron chi connectivity index (χ0n) is 17.5. The number of ether oxygens (including phenoxy) is 2. The predicted molar refractivity (Wildman–Crippen MR) is 120 cm³/mol. The minimum atomic E-state index is -0.768. The lowest BCUT2D eigenvalue weighted by Gasteiger charge is -2.36. The Hall–Kier alpha value is -2.29. The van der Waals surface area contributed by atoms with E-state index in [0.717, 1.165) is 29.4 Å². The van der Waals surface area contributed by atoms with Crippen molar-refractivity contribution in [1.29, 1.82) is 0 Å². The molecule has 9 heteroatoms. The van der Waals surface area contributed by atoms with Gasteiger partial charge in [-0.15, -0.1) is 11.8 Å². The number of aryl methyl sites for hydroxylation is 1. The Balaban J connectivity index is 1.87. The Bertz CT molecular complexity index is 1010. The summed E-state index contributed by atoms with van der Waals surface area (Å²) >= 11 is 7.65. The molecule has 7 nitrogen and oxygen atoms in total. The van der Waals surface area contributed by atoms with Crippen LogP contribution in [0.25, 0.3) is 0 Å². The van der Waals surface area contributed by atoms with Gasteiger partial charge in [0.25, 0.3) is 0 Å². The van der Waals surface area contributed by atoms with E-state index in [-0.39, 0.29) is 30.2 Å². The summed E-state index contributed by atoms with van der Waals surface area (Å²) in [5.41, 5.74) is 0.942. The van der Waals surface area contributed by atoms with Crippen molar-refractivity contribution < 1.29 is 24.3 Å². The Morgan fingerprint density at radius 3 is 2.68 bits per heavy atom. The van der Waals surface area contributed by atoms with Crippen LogP contribution in [0.5, 0.6) is 5.75 Å². The van der Waals surface area contributed by atoms with Crippen LogP contribution in [-0.4, -0.2) is 40.6 Å². The van der Waals surface area contributed by atoms with E-state index in [0.29, 0.717) is 5.02 Å². The van der Waals surface area contributed by atoms with E-state index in [9.17, 15) is 20.0 Å². The number of aliphatic hydroxyl groups is 1. The SMILES string of the molecule is CC(C)(C)OC(=O)c1ccc(OCC2(CO)SCCc3cc(Cl)ccc32)c([N+](=O)[O-])c1. The van der Waals surface area contributed by atoms with Gasteiger partial charge >= 0.3 is 11.7 Å². The summed E-state index contributed by atoms with van der Waals surface area (Å²) in [6.07, 6.45) is 0.813. The van der Waals surface area contributed by atoms with Crippen LogP contribution < -0.4 is 4.74 Å². The van der Waals surface area contributed by atoms with Crippen LogP contribution in [0.15, 0.2) is 36.4 Å². The van der Waals surface area contributed by atoms with Crippen molar-refractivity contribution in [2.45, 2.75) is 37.5 Å². The summed E-state index contributed by atoms with van der Waals surface area (Å²) in [5.74, 6) is 0.131. The van der Waals surface area contributed by atoms with E-state index in [1.165, 1.54) is 12.1 Å². The molecule has 0 bridgehead atoms. The molecule has 3 rings (SSSR count). The van der Waals surface area contributed by atoms with Crippen LogP contribution in [0, 0.1) is 10.1 Å². The van der Waals surface area contributed by atoms with Crippen molar-refractivity contribution in [3.05, 3.63) is 68.2 Å². The molecule has 0 fully saturated rings. The number of benzene rings is 2. The van der Waals surface area contributed by atoms with Crippen LogP contribution in [-0.2, 0) is 15.9 Å². The van der Waals surface area contributed by atoms with Gasteiger partial charge in [-0.05, 0) is 68.3 Å². The van der Waals surface area contributed by atoms with Crippen LogP contribution in [0.1, 0.15) is 42.3 Å². The maximum absolute atomic E-state index is 12.3. The quantitative estimate of drug-likeness (QED) is 0.373. The molecule has 2 aromatic carbocycles. The molecule has 0 aliphatic carbocycles. The molecule has 2 aromatic rings. The molecular formula is C22H24ClNO6S. The second-order valence-electron chi connectivity index (χ2n) is 8.28. The number of hydrogen-bond acceptors (Lipinski definition) is 7. The molecule has 1 N–H and O–H groups in total. The first-order valence-corrected chi connectivity index (χ1v) is 11.1. The first kappa shape index (κ1) is 23.4. The molecular weight excluding hydrogens is 442 g/mol. The maximum Gasteiger partial charge on any atom is 0.338 e. The van der Waals surface area contributed by atoms with E-state index >= 15 is 0 Å². The Kier molecular flexibility index (Phi) is 6.83. The first-order chi connectivity index (χ1) is 14.5. The molecule has 31 heavy (non-hydrogen) atoms. The van der Waals surface area contributed by atoms with Crippen molar-refractivity contribution in [3.8, 4) is 5.75 Å². The lowest BCUT2D eigenvalue weighted by Crippen LogP contribution is -2.38. The third kappa shape index (κ3) is 5.31. The van der Waals surface area contributed by atoms with Gasteiger partial charge in [0.1, 0.15) is 12.2 Å². The van der Waals surface area contributed by atoms with Gasteiger partial charge in [0.15, 0.2) is 5.75 Å². The van der Waals surface area contributed by atoms with Crippen molar-refractivity contribution in [3.63, 3.8) is 0 Å². The highest BCUT2D eigenvalue weighted by Crippen LogP contribution is 2.44. The molecule has 1 heterocycles. The van der Waals surface area contributed by atoms with Crippen LogP contribution in [0.3, 0.4) is 0 Å². The predicted octanol–water partition coefficient (Wildman–Crippen LogP) is 4.76. The zero-order valence-corrected chi connectivity index (χ0v) is 19.1. The fourth-order valence-electron chi connectivity index (χ4n) is 3.38. The molecule has 1 aliphatic heterocycles. The van der Waals surface area contributed by atoms with E-state index in [1.807, 2.05) is 12.1 Å². The summed E-state index contributed by atoms with van der Waals surface area (Å²) in [5, 5.41) is 22.4. The molecule has 1 unspecified atom stereocenters. The van der Waals surface area contributed by atoms with Gasteiger partial charge in [-0.25, -0.2) is 4.79 Å². The molecule has 1 atom stereocenters. The summed E-state index contributed by atoms with van der Waals surface area (Å²) in [6, 6.07) is 9.47. The standard InChI is InChI=1S/C22H24ClNO6S/c1-21(2,3)30-20(26)15-4-7-19(18(11-15)24(27)28)29-13-22(12-25)17-6-5-16(23)10-14(17)8-9-31-22/h4-7,10-11,25H,8-9,12-13H2,1-3H3. The van der Waals surface area contributed by atoms with Crippen LogP contribution in [0.2, 0.25) is 5.02 Å². The van der Waals surface area contributed by atoms with E-state index in [1.54, 1.807) is 38.6 Å².